The summed E-state index contributed by atoms with van der Waals surface area (Å²) < 4.78 is 5.16. The molecule has 23 heavy (non-hydrogen) atoms. The Kier molecular flexibility index (Phi) is 3.01. The second-order valence-electron chi connectivity index (χ2n) is 6.78. The summed E-state index contributed by atoms with van der Waals surface area (Å²) in [4.78, 5) is 24.5. The van der Waals surface area contributed by atoms with Crippen LogP contribution in [-0.2, 0) is 9.59 Å². The largest absolute Gasteiger partial charge is 0.497 e. The molecule has 1 aromatic rings. The first-order chi connectivity index (χ1) is 11.1. The third-order valence-corrected chi connectivity index (χ3v) is 5.77. The van der Waals surface area contributed by atoms with Crippen LogP contribution in [0.25, 0.3) is 0 Å². The molecular weight excluding hydrogens is 294 g/mol. The van der Waals surface area contributed by atoms with E-state index in [1.807, 2.05) is 6.08 Å². The number of carbonyl (C=O) groups excluding carboxylic acids is 1. The Labute approximate surface area is 134 Å². The number of ether oxygens (including phenoxy) is 1. The molecule has 2 N–H and O–H groups in total. The van der Waals surface area contributed by atoms with Crippen LogP contribution in [0.5, 0.6) is 5.75 Å². The summed E-state index contributed by atoms with van der Waals surface area (Å²) in [6.45, 7) is 0. The predicted octanol–water partition coefficient (Wildman–Crippen LogP) is 2.55. The van der Waals surface area contributed by atoms with Gasteiger partial charge in [0.25, 0.3) is 0 Å². The Bertz CT molecular complexity index is 707. The lowest BCUT2D eigenvalue weighted by Crippen LogP contribution is -2.36. The van der Waals surface area contributed by atoms with Crippen molar-refractivity contribution >= 4 is 17.6 Å². The topological polar surface area (TPSA) is 75.6 Å². The number of hydrogen-bond donors (Lipinski definition) is 2. The zero-order valence-electron chi connectivity index (χ0n) is 12.9. The summed E-state index contributed by atoms with van der Waals surface area (Å²) in [5.41, 5.74) is 0.675. The third-order valence-electron chi connectivity index (χ3n) is 5.77. The highest BCUT2D eigenvalue weighted by Gasteiger charge is 2.70. The van der Waals surface area contributed by atoms with Gasteiger partial charge in [-0.3, -0.25) is 9.59 Å². The summed E-state index contributed by atoms with van der Waals surface area (Å²) in [6, 6.07) is 7.12. The van der Waals surface area contributed by atoms with Crippen molar-refractivity contribution in [3.63, 3.8) is 0 Å². The van der Waals surface area contributed by atoms with Crippen LogP contribution in [0, 0.1) is 29.1 Å². The highest BCUT2D eigenvalue weighted by molar-refractivity contribution is 5.96. The van der Waals surface area contributed by atoms with Crippen LogP contribution in [0.4, 0.5) is 5.69 Å². The van der Waals surface area contributed by atoms with Gasteiger partial charge in [0.1, 0.15) is 5.75 Å². The lowest BCUT2D eigenvalue weighted by molar-refractivity contribution is -0.146. The zero-order chi connectivity index (χ0) is 16.2. The van der Waals surface area contributed by atoms with Gasteiger partial charge in [-0.15, -0.1) is 0 Å². The minimum absolute atomic E-state index is 0.00561. The van der Waals surface area contributed by atoms with Gasteiger partial charge in [-0.05, 0) is 42.2 Å². The molecule has 4 rings (SSSR count). The molecular formula is C18H19NO4. The SMILES string of the molecule is COc1cccc(NC(=O)[C@@H]2C(C(=O)O)C3C=CC2C32CC2)c1. The number of rotatable bonds is 4. The normalized spacial score (nSPS) is 32.0. The van der Waals surface area contributed by atoms with Gasteiger partial charge in [-0.1, -0.05) is 18.2 Å². The first-order valence-corrected chi connectivity index (χ1v) is 7.93. The number of aliphatic carboxylic acids is 1. The molecule has 5 nitrogen and oxygen atoms in total. The zero-order valence-corrected chi connectivity index (χ0v) is 12.9. The molecule has 0 saturated heterocycles. The average molecular weight is 313 g/mol. The van der Waals surface area contributed by atoms with Crippen LogP contribution in [0.2, 0.25) is 0 Å². The van der Waals surface area contributed by atoms with Gasteiger partial charge in [0.15, 0.2) is 0 Å². The number of carboxylic acid groups (broad SMARTS) is 1. The van der Waals surface area contributed by atoms with Gasteiger partial charge in [0.05, 0.1) is 18.9 Å². The van der Waals surface area contributed by atoms with Gasteiger partial charge in [-0.2, -0.15) is 0 Å². The lowest BCUT2D eigenvalue weighted by atomic mass is 9.82. The van der Waals surface area contributed by atoms with Crippen LogP contribution in [-0.4, -0.2) is 24.1 Å². The Morgan fingerprint density at radius 2 is 1.91 bits per heavy atom. The minimum Gasteiger partial charge on any atom is -0.497 e. The van der Waals surface area contributed by atoms with Gasteiger partial charge in [0.2, 0.25) is 5.91 Å². The van der Waals surface area contributed by atoms with Crippen molar-refractivity contribution in [1.82, 2.24) is 0 Å². The number of hydrogen-bond acceptors (Lipinski definition) is 3. The molecule has 0 aliphatic heterocycles. The fourth-order valence-electron chi connectivity index (χ4n) is 4.62. The Morgan fingerprint density at radius 3 is 2.52 bits per heavy atom. The Morgan fingerprint density at radius 1 is 1.22 bits per heavy atom. The summed E-state index contributed by atoms with van der Waals surface area (Å²) >= 11 is 0. The monoisotopic (exact) mass is 313 g/mol. The summed E-state index contributed by atoms with van der Waals surface area (Å²) in [6.07, 6.45) is 6.14. The van der Waals surface area contributed by atoms with Crippen molar-refractivity contribution in [3.8, 4) is 5.75 Å². The first kappa shape index (κ1) is 14.3. The van der Waals surface area contributed by atoms with Gasteiger partial charge in [0, 0.05) is 11.8 Å². The van der Waals surface area contributed by atoms with Crippen molar-refractivity contribution in [1.29, 1.82) is 0 Å². The predicted molar refractivity (Wildman–Crippen MR) is 84.0 cm³/mol. The first-order valence-electron chi connectivity index (χ1n) is 7.93. The molecule has 0 aromatic heterocycles. The minimum atomic E-state index is -0.862. The molecule has 2 bridgehead atoms. The second-order valence-corrected chi connectivity index (χ2v) is 6.78. The van der Waals surface area contributed by atoms with E-state index in [1.165, 1.54) is 0 Å². The Balaban J connectivity index is 1.60. The van der Waals surface area contributed by atoms with Crippen molar-refractivity contribution < 1.29 is 19.4 Å². The third kappa shape index (κ3) is 1.99. The van der Waals surface area contributed by atoms with E-state index >= 15 is 0 Å². The van der Waals surface area contributed by atoms with E-state index in [4.69, 9.17) is 4.74 Å². The van der Waals surface area contributed by atoms with Crippen molar-refractivity contribution in [2.45, 2.75) is 12.8 Å². The van der Waals surface area contributed by atoms with E-state index < -0.39 is 17.8 Å². The van der Waals surface area contributed by atoms with Gasteiger partial charge < -0.3 is 15.2 Å². The van der Waals surface area contributed by atoms with Gasteiger partial charge >= 0.3 is 5.97 Å². The van der Waals surface area contributed by atoms with E-state index in [-0.39, 0.29) is 23.2 Å². The smallest absolute Gasteiger partial charge is 0.307 e. The highest BCUT2D eigenvalue weighted by atomic mass is 16.5. The number of amides is 1. The van der Waals surface area contributed by atoms with Crippen LogP contribution >= 0.6 is 0 Å². The molecule has 2 fully saturated rings. The molecule has 3 aliphatic carbocycles. The molecule has 3 aliphatic rings. The van der Waals surface area contributed by atoms with Crippen LogP contribution in [0.15, 0.2) is 36.4 Å². The quantitative estimate of drug-likeness (QED) is 0.838. The fourth-order valence-corrected chi connectivity index (χ4v) is 4.62. The van der Waals surface area contributed by atoms with Crippen LogP contribution < -0.4 is 10.1 Å². The number of carboxylic acids is 1. The molecule has 4 atom stereocenters. The van der Waals surface area contributed by atoms with Gasteiger partial charge in [-0.25, -0.2) is 0 Å². The molecule has 120 valence electrons. The molecule has 2 saturated carbocycles. The molecule has 0 heterocycles. The van der Waals surface area contributed by atoms with Crippen molar-refractivity contribution in [3.05, 3.63) is 36.4 Å². The fraction of sp³-hybridized carbons (Fsp3) is 0.444. The molecule has 0 radical (unpaired) electrons. The molecule has 5 heteroatoms. The number of anilines is 1. The van der Waals surface area contributed by atoms with Crippen LogP contribution in [0.1, 0.15) is 12.8 Å². The van der Waals surface area contributed by atoms with E-state index in [2.05, 4.69) is 11.4 Å². The summed E-state index contributed by atoms with van der Waals surface area (Å²) in [5.74, 6) is -1.45. The maximum absolute atomic E-state index is 12.8. The maximum atomic E-state index is 12.8. The van der Waals surface area contributed by atoms with E-state index in [9.17, 15) is 14.7 Å². The van der Waals surface area contributed by atoms with E-state index in [0.717, 1.165) is 12.8 Å². The molecule has 1 amide bonds. The van der Waals surface area contributed by atoms with E-state index in [0.29, 0.717) is 11.4 Å². The molecule has 3 unspecified atom stereocenters. The van der Waals surface area contributed by atoms with Crippen LogP contribution in [0.3, 0.4) is 0 Å². The summed E-state index contributed by atoms with van der Waals surface area (Å²) in [7, 11) is 1.57. The number of allylic oxidation sites excluding steroid dienone is 2. The number of methoxy groups -OCH3 is 1. The Hall–Kier alpha value is -2.30. The second kappa shape index (κ2) is 4.85. The van der Waals surface area contributed by atoms with Crippen molar-refractivity contribution in [2.24, 2.45) is 29.1 Å². The number of nitrogens with one attached hydrogen (secondary N) is 1. The number of benzene rings is 1. The van der Waals surface area contributed by atoms with Crippen molar-refractivity contribution in [2.75, 3.05) is 12.4 Å². The number of carbonyl (C=O) groups is 2. The molecule has 1 spiro atoms. The lowest BCUT2D eigenvalue weighted by Gasteiger charge is -2.23. The highest BCUT2D eigenvalue weighted by Crippen LogP contribution is 2.72. The van der Waals surface area contributed by atoms with E-state index in [1.54, 1.807) is 31.4 Å². The molecule has 1 aromatic carbocycles. The standard InChI is InChI=1S/C18H19NO4/c1-23-11-4-2-3-10(9-11)19-16(20)14-12-5-6-13(15(14)17(21)22)18(12)7-8-18/h2-6,9,12-15H,7-8H2,1H3,(H,19,20)(H,21,22)/t12?,13?,14-,15?/m0/s1. The average Bonchev–Trinajstić information content (AvgIpc) is 3.20. The maximum Gasteiger partial charge on any atom is 0.307 e. The summed E-state index contributed by atoms with van der Waals surface area (Å²) in [5, 5.41) is 12.5.